The zero-order valence-corrected chi connectivity index (χ0v) is 24.9. The van der Waals surface area contributed by atoms with Gasteiger partial charge in [-0.3, -0.25) is 4.90 Å². The van der Waals surface area contributed by atoms with Gasteiger partial charge in [0.1, 0.15) is 5.82 Å². The Bertz CT molecular complexity index is 1570. The third-order valence-electron chi connectivity index (χ3n) is 7.89. The number of benzene rings is 3. The zero-order valence-electron chi connectivity index (χ0n) is 22.6. The maximum atomic E-state index is 5.38. The molecule has 5 aromatic rings. The molecule has 0 bridgehead atoms. The number of fused-ring (bicyclic) bond motifs is 1. The lowest BCUT2D eigenvalue weighted by molar-refractivity contribution is 0.209. The van der Waals surface area contributed by atoms with Gasteiger partial charge in [-0.15, -0.1) is 18.5 Å². The van der Waals surface area contributed by atoms with Crippen molar-refractivity contribution in [2.24, 2.45) is 0 Å². The highest BCUT2D eigenvalue weighted by atomic mass is 31.0. The van der Waals surface area contributed by atoms with E-state index in [-0.39, 0.29) is 11.8 Å². The summed E-state index contributed by atoms with van der Waals surface area (Å²) in [4.78, 5) is 14.0. The summed E-state index contributed by atoms with van der Waals surface area (Å²) in [6.45, 7) is 7.27. The predicted octanol–water partition coefficient (Wildman–Crippen LogP) is 7.29. The number of para-hydroxylation sites is 1. The highest BCUT2D eigenvalue weighted by molar-refractivity contribution is 7.28. The van der Waals surface area contributed by atoms with Crippen molar-refractivity contribution in [3.63, 3.8) is 0 Å². The molecule has 6 rings (SSSR count). The quantitative estimate of drug-likeness (QED) is 0.226. The molecule has 2 aromatic heterocycles. The molecule has 1 saturated heterocycles. The van der Waals surface area contributed by atoms with E-state index in [0.717, 1.165) is 36.5 Å². The Morgan fingerprint density at radius 1 is 0.897 bits per heavy atom. The molecule has 3 heterocycles. The van der Waals surface area contributed by atoms with Crippen LogP contribution in [-0.2, 0) is 0 Å². The van der Waals surface area contributed by atoms with Gasteiger partial charge in [0.15, 0.2) is 0 Å². The zero-order chi connectivity index (χ0) is 26.9. The molecule has 0 radical (unpaired) electrons. The van der Waals surface area contributed by atoms with Gasteiger partial charge < -0.3 is 9.88 Å². The van der Waals surface area contributed by atoms with Crippen molar-refractivity contribution in [3.05, 3.63) is 114 Å². The molecule has 0 amide bonds. The number of aromatic nitrogens is 2. The fourth-order valence-corrected chi connectivity index (χ4v) is 6.80. The van der Waals surface area contributed by atoms with Crippen LogP contribution >= 0.6 is 18.5 Å². The second kappa shape index (κ2) is 11.2. The van der Waals surface area contributed by atoms with Crippen molar-refractivity contribution in [2.75, 3.05) is 24.5 Å². The summed E-state index contributed by atoms with van der Waals surface area (Å²) in [6.07, 6.45) is 2.17. The third-order valence-corrected chi connectivity index (χ3v) is 9.10. The Kier molecular flexibility index (Phi) is 7.54. The number of rotatable bonds is 6. The summed E-state index contributed by atoms with van der Waals surface area (Å²) in [7, 11) is 6.10. The molecule has 1 aliphatic heterocycles. The van der Waals surface area contributed by atoms with Crippen molar-refractivity contribution in [3.8, 4) is 11.1 Å². The maximum absolute atomic E-state index is 5.38. The average Bonchev–Trinajstić information content (AvgIpc) is 3.41. The van der Waals surface area contributed by atoms with Gasteiger partial charge in [0.25, 0.3) is 0 Å². The first-order valence-electron chi connectivity index (χ1n) is 13.7. The number of anilines is 1. The smallest absolute Gasteiger partial charge is 0.136 e. The van der Waals surface area contributed by atoms with E-state index in [4.69, 9.17) is 4.98 Å². The lowest BCUT2D eigenvalue weighted by atomic mass is 9.97. The van der Waals surface area contributed by atoms with Crippen LogP contribution in [0.1, 0.15) is 48.4 Å². The Labute approximate surface area is 236 Å². The molecular formula is C33H36N4P2. The summed E-state index contributed by atoms with van der Waals surface area (Å²) in [6, 6.07) is 32.7. The van der Waals surface area contributed by atoms with Gasteiger partial charge in [0, 0.05) is 47.6 Å². The van der Waals surface area contributed by atoms with Crippen molar-refractivity contribution in [1.82, 2.24) is 14.9 Å². The molecule has 0 aliphatic carbocycles. The highest BCUT2D eigenvalue weighted by Crippen LogP contribution is 2.39. The van der Waals surface area contributed by atoms with Gasteiger partial charge in [0.05, 0.1) is 17.5 Å². The van der Waals surface area contributed by atoms with Gasteiger partial charge in [-0.25, -0.2) is 4.98 Å². The Morgan fingerprint density at radius 2 is 1.59 bits per heavy atom. The van der Waals surface area contributed by atoms with Crippen LogP contribution in [0.25, 0.3) is 22.0 Å². The van der Waals surface area contributed by atoms with Crippen LogP contribution in [0.3, 0.4) is 0 Å². The maximum Gasteiger partial charge on any atom is 0.136 e. The third kappa shape index (κ3) is 5.14. The molecule has 39 heavy (non-hydrogen) atoms. The van der Waals surface area contributed by atoms with Crippen LogP contribution in [-0.4, -0.2) is 34.5 Å². The topological polar surface area (TPSA) is 35.2 Å². The van der Waals surface area contributed by atoms with E-state index in [1.54, 1.807) is 0 Å². The minimum Gasteiger partial charge on any atom is -0.361 e. The van der Waals surface area contributed by atoms with Gasteiger partial charge in [-0.1, -0.05) is 92.7 Å². The van der Waals surface area contributed by atoms with E-state index in [1.807, 2.05) is 0 Å². The molecule has 1 N–H and O–H groups in total. The highest BCUT2D eigenvalue weighted by Gasteiger charge is 2.33. The number of nitrogens with zero attached hydrogens (tertiary/aromatic N) is 3. The molecule has 1 fully saturated rings. The minimum absolute atomic E-state index is 0.197. The largest absolute Gasteiger partial charge is 0.361 e. The predicted molar refractivity (Wildman–Crippen MR) is 172 cm³/mol. The van der Waals surface area contributed by atoms with Crippen LogP contribution in [0.2, 0.25) is 0 Å². The SMILES string of the molecule is CC(C)c1nc(N2CCN(C(P)c3c[nH]c4ccccc34)CC2c2ccccc2)c(P)cc1-c1ccccc1. The van der Waals surface area contributed by atoms with Gasteiger partial charge >= 0.3 is 0 Å². The molecule has 0 saturated carbocycles. The number of hydrogen-bond acceptors (Lipinski definition) is 3. The molecular weight excluding hydrogens is 514 g/mol. The lowest BCUT2D eigenvalue weighted by Gasteiger charge is -2.45. The second-order valence-electron chi connectivity index (χ2n) is 10.7. The van der Waals surface area contributed by atoms with Crippen LogP contribution in [0.4, 0.5) is 5.82 Å². The molecule has 198 valence electrons. The van der Waals surface area contributed by atoms with Crippen molar-refractivity contribution >= 4 is 40.5 Å². The molecule has 0 spiro atoms. The fourth-order valence-electron chi connectivity index (χ4n) is 5.86. The lowest BCUT2D eigenvalue weighted by Crippen LogP contribution is -2.50. The summed E-state index contributed by atoms with van der Waals surface area (Å²) in [5.41, 5.74) is 7.43. The Morgan fingerprint density at radius 3 is 2.33 bits per heavy atom. The second-order valence-corrected chi connectivity index (χ2v) is 12.0. The summed E-state index contributed by atoms with van der Waals surface area (Å²) in [5.74, 6) is 1.62. The first-order chi connectivity index (χ1) is 19.0. The van der Waals surface area contributed by atoms with E-state index in [0.29, 0.717) is 5.92 Å². The van der Waals surface area contributed by atoms with E-state index in [2.05, 4.69) is 144 Å². The first-order valence-corrected chi connectivity index (χ1v) is 15.0. The molecule has 6 heteroatoms. The molecule has 1 aliphatic rings. The summed E-state index contributed by atoms with van der Waals surface area (Å²) < 4.78 is 0. The molecule has 4 atom stereocenters. The molecule has 4 nitrogen and oxygen atoms in total. The van der Waals surface area contributed by atoms with Crippen LogP contribution in [0.15, 0.2) is 97.2 Å². The molecule has 3 aromatic carbocycles. The number of aromatic amines is 1. The summed E-state index contributed by atoms with van der Waals surface area (Å²) >= 11 is 0. The van der Waals surface area contributed by atoms with Gasteiger partial charge in [-0.2, -0.15) is 0 Å². The number of piperazine rings is 1. The van der Waals surface area contributed by atoms with Gasteiger partial charge in [0.2, 0.25) is 0 Å². The molecule has 4 unspecified atom stereocenters. The minimum atomic E-state index is 0.197. The fraction of sp³-hybridized carbons (Fsp3) is 0.242. The van der Waals surface area contributed by atoms with E-state index < -0.39 is 0 Å². The van der Waals surface area contributed by atoms with E-state index in [1.165, 1.54) is 33.2 Å². The van der Waals surface area contributed by atoms with E-state index >= 15 is 0 Å². The Hall–Kier alpha value is -3.03. The van der Waals surface area contributed by atoms with E-state index in [9.17, 15) is 0 Å². The normalized spacial score (nSPS) is 17.2. The van der Waals surface area contributed by atoms with Gasteiger partial charge in [-0.05, 0) is 34.7 Å². The van der Waals surface area contributed by atoms with Crippen molar-refractivity contribution in [1.29, 1.82) is 0 Å². The van der Waals surface area contributed by atoms with Crippen LogP contribution in [0.5, 0.6) is 0 Å². The monoisotopic (exact) mass is 550 g/mol. The number of nitrogens with one attached hydrogen (secondary N) is 1. The van der Waals surface area contributed by atoms with Crippen molar-refractivity contribution in [2.45, 2.75) is 31.6 Å². The van der Waals surface area contributed by atoms with Crippen molar-refractivity contribution < 1.29 is 0 Å². The van der Waals surface area contributed by atoms with Crippen LogP contribution < -0.4 is 10.2 Å². The number of H-pyrrole nitrogens is 1. The summed E-state index contributed by atoms with van der Waals surface area (Å²) in [5, 5.41) is 2.44. The average molecular weight is 551 g/mol. The number of pyridine rings is 1. The van der Waals surface area contributed by atoms with Crippen LogP contribution in [0, 0.1) is 0 Å². The Balaban J connectivity index is 1.38. The standard InChI is InChI=1S/C33H36N4P2/c1-22(2)31-26(23-11-5-3-6-12-23)19-30(38)32(35-31)37-18-17-36(21-29(37)24-13-7-4-8-14-24)33(39)27-20-34-28-16-10-9-15-25(27)28/h3-16,19-20,22,29,33-34H,17-18,21,38-39H2,1-2H3. The first kappa shape index (κ1) is 26.2. The number of hydrogen-bond donors (Lipinski definition) is 1.